The molecular weight excluding hydrogens is 230 g/mol. The molecule has 0 rings (SSSR count). The van der Waals surface area contributed by atoms with Crippen LogP contribution in [0.1, 0.15) is 0 Å². The molecule has 0 fully saturated rings. The van der Waals surface area contributed by atoms with Gasteiger partial charge < -0.3 is 0 Å². The molecular formula is H6CuMgMnNiSi. The van der Waals surface area contributed by atoms with Gasteiger partial charge >= 0.3 is 23.1 Å². The average Bonchev–Trinajstić information content (AvgIpc) is 0. The molecule has 0 aliphatic carbocycles. The van der Waals surface area contributed by atoms with Crippen molar-refractivity contribution in [1.29, 1.82) is 0 Å². The maximum absolute atomic E-state index is 0. The molecule has 0 amide bonds. The second kappa shape index (κ2) is 31.3. The molecule has 0 aliphatic heterocycles. The Balaban J connectivity index is 0. The van der Waals surface area contributed by atoms with Gasteiger partial charge in [-0.05, 0) is 11.0 Å². The van der Waals surface area contributed by atoms with Crippen LogP contribution in [0.15, 0.2) is 0 Å². The minimum absolute atomic E-state index is 0. The monoisotopic (exact) mass is 234 g/mol. The molecule has 2 radical (unpaired) electrons. The first-order chi connectivity index (χ1) is 0. The molecule has 0 saturated heterocycles. The number of rotatable bonds is 0. The summed E-state index contributed by atoms with van der Waals surface area (Å²) in [6.45, 7) is 0. The molecule has 0 aromatic rings. The van der Waals surface area contributed by atoms with E-state index in [1.165, 1.54) is 0 Å². The second-order valence-electron chi connectivity index (χ2n) is 0. The van der Waals surface area contributed by atoms with Gasteiger partial charge in [0.05, 0.1) is 0 Å². The van der Waals surface area contributed by atoms with E-state index in [1.54, 1.807) is 0 Å². The van der Waals surface area contributed by atoms with Crippen LogP contribution in [0.5, 0.6) is 0 Å². The smallest absolute Gasteiger partial charge is 0.0149 e. The Morgan fingerprint density at radius 3 is 1.00 bits per heavy atom. The Bertz CT molecular complexity index is 11.6. The maximum atomic E-state index is 0. The van der Waals surface area contributed by atoms with Crippen molar-refractivity contribution < 1.29 is 50.6 Å². The van der Waals surface area contributed by atoms with Crippen LogP contribution in [-0.2, 0) is 50.6 Å². The summed E-state index contributed by atoms with van der Waals surface area (Å²) >= 11 is 0. The fourth-order valence-corrected chi connectivity index (χ4v) is 0. The summed E-state index contributed by atoms with van der Waals surface area (Å²) in [6, 6.07) is 0. The van der Waals surface area contributed by atoms with Gasteiger partial charge in [-0.1, -0.05) is 0 Å². The molecule has 5 heteroatoms. The quantitative estimate of drug-likeness (QED) is 0.412. The molecule has 5 heavy (non-hydrogen) atoms. The first-order valence-electron chi connectivity index (χ1n) is 0. The van der Waals surface area contributed by atoms with Crippen molar-refractivity contribution in [3.05, 3.63) is 0 Å². The molecule has 0 saturated carbocycles. The van der Waals surface area contributed by atoms with E-state index in [-0.39, 0.29) is 84.6 Å². The molecule has 0 aromatic carbocycles. The van der Waals surface area contributed by atoms with E-state index in [1.807, 2.05) is 0 Å². The molecule has 0 spiro atoms. The Morgan fingerprint density at radius 2 is 1.00 bits per heavy atom. The normalized spacial score (nSPS) is 0. The number of hydrogen-bond donors (Lipinski definition) is 0. The van der Waals surface area contributed by atoms with Gasteiger partial charge in [-0.15, -0.1) is 0 Å². The van der Waals surface area contributed by atoms with Crippen LogP contribution in [0.2, 0.25) is 0 Å². The molecule has 0 aromatic heterocycles. The van der Waals surface area contributed by atoms with E-state index in [0.29, 0.717) is 0 Å². The van der Waals surface area contributed by atoms with Crippen LogP contribution >= 0.6 is 0 Å². The SMILES string of the molecule is [Cu].[MgH2].[Mn].[Ni].[SiH4]. The maximum Gasteiger partial charge on any atom is 0.316 e. The molecule has 0 bridgehead atoms. The summed E-state index contributed by atoms with van der Waals surface area (Å²) in [5.41, 5.74) is 0. The topological polar surface area (TPSA) is 0 Å². The van der Waals surface area contributed by atoms with Gasteiger partial charge in [0, 0.05) is 50.6 Å². The third-order valence-electron chi connectivity index (χ3n) is 0. The molecule has 40 valence electrons. The Morgan fingerprint density at radius 1 is 1.00 bits per heavy atom. The summed E-state index contributed by atoms with van der Waals surface area (Å²) < 4.78 is 0. The van der Waals surface area contributed by atoms with E-state index in [4.69, 9.17) is 0 Å². The van der Waals surface area contributed by atoms with Crippen molar-refractivity contribution in [1.82, 2.24) is 0 Å². The van der Waals surface area contributed by atoms with Crippen molar-refractivity contribution in [2.75, 3.05) is 0 Å². The Kier molecular flexibility index (Phi) is 316. The summed E-state index contributed by atoms with van der Waals surface area (Å²) in [6.07, 6.45) is 0. The summed E-state index contributed by atoms with van der Waals surface area (Å²) in [5, 5.41) is 0. The third kappa shape index (κ3) is 21.0. The van der Waals surface area contributed by atoms with Gasteiger partial charge in [0.15, 0.2) is 0 Å². The van der Waals surface area contributed by atoms with Gasteiger partial charge in [-0.2, -0.15) is 0 Å². The zero-order chi connectivity index (χ0) is 0. The molecule has 0 atom stereocenters. The molecule has 0 unspecified atom stereocenters. The van der Waals surface area contributed by atoms with Crippen LogP contribution < -0.4 is 0 Å². The van der Waals surface area contributed by atoms with Crippen molar-refractivity contribution in [2.24, 2.45) is 0 Å². The van der Waals surface area contributed by atoms with Crippen LogP contribution in [0.3, 0.4) is 0 Å². The van der Waals surface area contributed by atoms with E-state index >= 15 is 0 Å². The van der Waals surface area contributed by atoms with Crippen molar-refractivity contribution in [3.8, 4) is 0 Å². The first kappa shape index (κ1) is 50.4. The van der Waals surface area contributed by atoms with Gasteiger partial charge in [-0.25, -0.2) is 0 Å². The minimum Gasteiger partial charge on any atom is -0.0149 e. The molecule has 0 nitrogen and oxygen atoms in total. The van der Waals surface area contributed by atoms with Crippen LogP contribution in [0.25, 0.3) is 0 Å². The average molecular weight is 236 g/mol. The summed E-state index contributed by atoms with van der Waals surface area (Å²) in [4.78, 5) is 0. The number of hydrogen-bond acceptors (Lipinski definition) is 0. The van der Waals surface area contributed by atoms with E-state index in [0.717, 1.165) is 0 Å². The van der Waals surface area contributed by atoms with Crippen molar-refractivity contribution >= 4 is 34.0 Å². The first-order valence-corrected chi connectivity index (χ1v) is 0. The predicted molar refractivity (Wildman–Crippen MR) is 19.9 cm³/mol. The Hall–Kier alpha value is 2.52. The van der Waals surface area contributed by atoms with Crippen LogP contribution in [0.4, 0.5) is 0 Å². The van der Waals surface area contributed by atoms with Crippen LogP contribution in [-0.4, -0.2) is 34.0 Å². The van der Waals surface area contributed by atoms with Crippen LogP contribution in [0, 0.1) is 0 Å². The molecule has 0 aliphatic rings. The molecule has 0 N–H and O–H groups in total. The Labute approximate surface area is 83.6 Å². The standard InChI is InChI=1S/Cu.Mg.Mn.Ni.H4Si.2H/h;;;;1H4;;. The van der Waals surface area contributed by atoms with Crippen molar-refractivity contribution in [2.45, 2.75) is 0 Å². The summed E-state index contributed by atoms with van der Waals surface area (Å²) in [7, 11) is 0. The van der Waals surface area contributed by atoms with E-state index in [2.05, 4.69) is 0 Å². The minimum atomic E-state index is 0. The molecule has 0 heterocycles. The second-order valence-corrected chi connectivity index (χ2v) is 0. The zero-order valence-corrected chi connectivity index (χ0v) is 4.11. The largest absolute Gasteiger partial charge is 0.316 e. The van der Waals surface area contributed by atoms with E-state index < -0.39 is 0 Å². The fraction of sp³-hybridized carbons (Fsp3) is 0. The van der Waals surface area contributed by atoms with E-state index in [9.17, 15) is 0 Å². The predicted octanol–water partition coefficient (Wildman–Crippen LogP) is -2.38. The van der Waals surface area contributed by atoms with Gasteiger partial charge in [-0.3, -0.25) is 0 Å². The van der Waals surface area contributed by atoms with Gasteiger partial charge in [0.25, 0.3) is 0 Å². The zero-order valence-electron chi connectivity index (χ0n) is 0.996. The van der Waals surface area contributed by atoms with Gasteiger partial charge in [0.2, 0.25) is 0 Å². The third-order valence-corrected chi connectivity index (χ3v) is 0. The van der Waals surface area contributed by atoms with Gasteiger partial charge in [0.1, 0.15) is 0 Å². The van der Waals surface area contributed by atoms with Crippen molar-refractivity contribution in [3.63, 3.8) is 0 Å². The fourth-order valence-electron chi connectivity index (χ4n) is 0. The summed E-state index contributed by atoms with van der Waals surface area (Å²) in [5.74, 6) is 0.